The number of amides is 2. The monoisotopic (exact) mass is 626 g/mol. The van der Waals surface area contributed by atoms with Crippen LogP contribution >= 0.6 is 11.6 Å². The molecule has 4 aromatic rings. The van der Waals surface area contributed by atoms with Crippen LogP contribution < -0.4 is 15.4 Å². The Morgan fingerprint density at radius 3 is 2.33 bits per heavy atom. The molecule has 2 amide bonds. The van der Waals surface area contributed by atoms with Crippen molar-refractivity contribution in [2.75, 3.05) is 23.8 Å². The Morgan fingerprint density at radius 2 is 1.64 bits per heavy atom. The first kappa shape index (κ1) is 31.5. The fourth-order valence-corrected chi connectivity index (χ4v) is 5.66. The topological polar surface area (TPSA) is 121 Å². The van der Waals surface area contributed by atoms with Crippen molar-refractivity contribution in [3.05, 3.63) is 119 Å². The maximum absolute atomic E-state index is 13.1. The molecular weight excluding hydrogens is 592 g/mol. The number of hydrogen-bond donors (Lipinski definition) is 3. The Kier molecular flexibility index (Phi) is 10.7. The number of aromatic nitrogens is 1. The second-order valence-electron chi connectivity index (χ2n) is 11.0. The van der Waals surface area contributed by atoms with Crippen molar-refractivity contribution in [1.82, 2.24) is 9.88 Å². The second kappa shape index (κ2) is 15.2. The Bertz CT molecular complexity index is 1600. The fourth-order valence-electron chi connectivity index (χ4n) is 5.45. The lowest BCUT2D eigenvalue weighted by Gasteiger charge is -2.25. The first-order valence-corrected chi connectivity index (χ1v) is 15.3. The van der Waals surface area contributed by atoms with Gasteiger partial charge in [0.25, 0.3) is 5.91 Å². The van der Waals surface area contributed by atoms with Gasteiger partial charge in [-0.15, -0.1) is 0 Å². The Balaban J connectivity index is 1.16. The quantitative estimate of drug-likeness (QED) is 0.140. The molecule has 9 nitrogen and oxygen atoms in total. The molecule has 3 aromatic carbocycles. The SMILES string of the molecule is O=C(O)C[C@@H]1C[C@@H](COc2ccc(C(=O)Nc3cc(Cl)nc(NCc4ccccc4)c3)cc2)N(CCCc2ccccc2)C1=O. The van der Waals surface area contributed by atoms with Gasteiger partial charge in [0.15, 0.2) is 0 Å². The zero-order chi connectivity index (χ0) is 31.6. The van der Waals surface area contributed by atoms with E-state index in [1.165, 1.54) is 5.56 Å². The molecule has 3 N–H and O–H groups in total. The fraction of sp³-hybridized carbons (Fsp3) is 0.257. The number of hydrogen-bond acceptors (Lipinski definition) is 6. The molecular formula is C35H35ClN4O5. The van der Waals surface area contributed by atoms with Gasteiger partial charge in [-0.25, -0.2) is 4.98 Å². The van der Waals surface area contributed by atoms with Crippen molar-refractivity contribution >= 4 is 40.9 Å². The third-order valence-corrected chi connectivity index (χ3v) is 7.88. The van der Waals surface area contributed by atoms with E-state index in [4.69, 9.17) is 16.3 Å². The maximum atomic E-state index is 13.1. The summed E-state index contributed by atoms with van der Waals surface area (Å²) in [4.78, 5) is 43.5. The molecule has 0 aliphatic carbocycles. The normalized spacial score (nSPS) is 15.9. The number of anilines is 2. The van der Waals surface area contributed by atoms with E-state index in [0.29, 0.717) is 42.3 Å². The van der Waals surface area contributed by atoms with Crippen LogP contribution in [0.1, 0.15) is 40.7 Å². The standard InChI is InChI=1S/C35H35ClN4O5/c36-31-20-28(21-32(39-31)37-22-25-10-5-2-6-11-25)38-34(43)26-13-15-30(16-14-26)45-23-29-18-27(19-33(41)42)35(44)40(29)17-7-12-24-8-3-1-4-9-24/h1-6,8-11,13-16,20-21,27,29H,7,12,17-19,22-23H2,(H,41,42)(H2,37,38,39,43)/t27-,29-/m0/s1. The number of likely N-dealkylation sites (tertiary alicyclic amines) is 1. The summed E-state index contributed by atoms with van der Waals surface area (Å²) in [5, 5.41) is 15.6. The molecule has 45 heavy (non-hydrogen) atoms. The zero-order valence-corrected chi connectivity index (χ0v) is 25.5. The van der Waals surface area contributed by atoms with E-state index in [-0.39, 0.29) is 36.0 Å². The van der Waals surface area contributed by atoms with E-state index >= 15 is 0 Å². The van der Waals surface area contributed by atoms with Gasteiger partial charge in [0.05, 0.1) is 18.4 Å². The molecule has 1 aromatic heterocycles. The Morgan fingerprint density at radius 1 is 0.956 bits per heavy atom. The molecule has 0 saturated carbocycles. The molecule has 232 valence electrons. The molecule has 0 bridgehead atoms. The summed E-state index contributed by atoms with van der Waals surface area (Å²) in [5.74, 6) is -0.919. The summed E-state index contributed by atoms with van der Waals surface area (Å²) in [5.41, 5.74) is 3.21. The molecule has 1 aliphatic heterocycles. The average Bonchev–Trinajstić information content (AvgIpc) is 3.32. The van der Waals surface area contributed by atoms with Gasteiger partial charge in [-0.3, -0.25) is 14.4 Å². The van der Waals surface area contributed by atoms with Gasteiger partial charge in [-0.2, -0.15) is 0 Å². The van der Waals surface area contributed by atoms with Crippen molar-refractivity contribution < 1.29 is 24.2 Å². The molecule has 1 saturated heterocycles. The van der Waals surface area contributed by atoms with Gasteiger partial charge in [0.1, 0.15) is 23.3 Å². The van der Waals surface area contributed by atoms with Crippen LogP contribution in [0.5, 0.6) is 5.75 Å². The van der Waals surface area contributed by atoms with Crippen molar-refractivity contribution in [1.29, 1.82) is 0 Å². The van der Waals surface area contributed by atoms with Crippen LogP contribution in [0.3, 0.4) is 0 Å². The molecule has 0 radical (unpaired) electrons. The van der Waals surface area contributed by atoms with Crippen LogP contribution in [0.4, 0.5) is 11.5 Å². The third kappa shape index (κ3) is 9.06. The van der Waals surface area contributed by atoms with E-state index in [1.807, 2.05) is 48.5 Å². The van der Waals surface area contributed by atoms with E-state index in [1.54, 1.807) is 41.3 Å². The summed E-state index contributed by atoms with van der Waals surface area (Å²) >= 11 is 6.21. The van der Waals surface area contributed by atoms with Crippen LogP contribution in [0.15, 0.2) is 97.1 Å². The number of pyridine rings is 1. The summed E-state index contributed by atoms with van der Waals surface area (Å²) in [6.07, 6.45) is 1.82. The number of carboxylic acid groups (broad SMARTS) is 1. The van der Waals surface area contributed by atoms with Gasteiger partial charge in [0.2, 0.25) is 5.91 Å². The number of carboxylic acids is 1. The minimum atomic E-state index is -0.985. The smallest absolute Gasteiger partial charge is 0.304 e. The lowest BCUT2D eigenvalue weighted by molar-refractivity contribution is -0.142. The molecule has 2 atom stereocenters. The number of carbonyl (C=O) groups is 3. The lowest BCUT2D eigenvalue weighted by atomic mass is 10.0. The van der Waals surface area contributed by atoms with E-state index in [9.17, 15) is 19.5 Å². The lowest BCUT2D eigenvalue weighted by Crippen LogP contribution is -2.38. The zero-order valence-electron chi connectivity index (χ0n) is 24.7. The van der Waals surface area contributed by atoms with E-state index < -0.39 is 11.9 Å². The molecule has 10 heteroatoms. The molecule has 1 fully saturated rings. The summed E-state index contributed by atoms with van der Waals surface area (Å²) < 4.78 is 6.03. The highest BCUT2D eigenvalue weighted by atomic mass is 35.5. The predicted octanol–water partition coefficient (Wildman–Crippen LogP) is 6.30. The molecule has 5 rings (SSSR count). The van der Waals surface area contributed by atoms with Gasteiger partial charge < -0.3 is 25.4 Å². The minimum absolute atomic E-state index is 0.138. The van der Waals surface area contributed by atoms with Gasteiger partial charge in [0, 0.05) is 30.4 Å². The number of aryl methyl sites for hydroxylation is 1. The molecule has 0 spiro atoms. The number of nitrogens with one attached hydrogen (secondary N) is 2. The summed E-state index contributed by atoms with van der Waals surface area (Å²) in [6.45, 7) is 1.32. The van der Waals surface area contributed by atoms with Crippen LogP contribution in [0, 0.1) is 5.92 Å². The highest BCUT2D eigenvalue weighted by Gasteiger charge is 2.40. The number of carbonyl (C=O) groups excluding carboxylic acids is 2. The van der Waals surface area contributed by atoms with E-state index in [2.05, 4.69) is 27.8 Å². The maximum Gasteiger partial charge on any atom is 0.304 e. The number of rotatable bonds is 14. The highest BCUT2D eigenvalue weighted by Crippen LogP contribution is 2.29. The molecule has 0 unspecified atom stereocenters. The van der Waals surface area contributed by atoms with E-state index in [0.717, 1.165) is 18.4 Å². The van der Waals surface area contributed by atoms with Gasteiger partial charge in [-0.1, -0.05) is 72.3 Å². The van der Waals surface area contributed by atoms with Crippen molar-refractivity contribution in [3.63, 3.8) is 0 Å². The number of benzene rings is 3. The first-order chi connectivity index (χ1) is 21.8. The number of ether oxygens (including phenoxy) is 1. The van der Waals surface area contributed by atoms with Gasteiger partial charge in [-0.05, 0) is 60.7 Å². The number of nitrogens with zero attached hydrogens (tertiary/aromatic N) is 2. The third-order valence-electron chi connectivity index (χ3n) is 7.69. The molecule has 2 heterocycles. The van der Waals surface area contributed by atoms with Crippen LogP contribution in [-0.4, -0.2) is 52.0 Å². The first-order valence-electron chi connectivity index (χ1n) is 14.9. The van der Waals surface area contributed by atoms with Crippen molar-refractivity contribution in [3.8, 4) is 5.75 Å². The van der Waals surface area contributed by atoms with Crippen LogP contribution in [0.2, 0.25) is 5.15 Å². The summed E-state index contributed by atoms with van der Waals surface area (Å²) in [7, 11) is 0. The second-order valence-corrected chi connectivity index (χ2v) is 11.4. The van der Waals surface area contributed by atoms with Crippen molar-refractivity contribution in [2.45, 2.75) is 38.3 Å². The average molecular weight is 627 g/mol. The number of aliphatic carboxylic acids is 1. The minimum Gasteiger partial charge on any atom is -0.491 e. The Labute approximate surface area is 267 Å². The van der Waals surface area contributed by atoms with Crippen molar-refractivity contribution in [2.24, 2.45) is 5.92 Å². The molecule has 1 aliphatic rings. The van der Waals surface area contributed by atoms with Crippen LogP contribution in [0.25, 0.3) is 0 Å². The van der Waals surface area contributed by atoms with Crippen LogP contribution in [-0.2, 0) is 22.6 Å². The summed E-state index contributed by atoms with van der Waals surface area (Å²) in [6, 6.07) is 29.7. The predicted molar refractivity (Wildman–Crippen MR) is 174 cm³/mol. The Hall–Kier alpha value is -4.89. The highest BCUT2D eigenvalue weighted by molar-refractivity contribution is 6.30. The van der Waals surface area contributed by atoms with Gasteiger partial charge >= 0.3 is 5.97 Å². The number of halogens is 1. The largest absolute Gasteiger partial charge is 0.491 e.